The van der Waals surface area contributed by atoms with Crippen LogP contribution >= 0.6 is 23.2 Å². The molecule has 0 spiro atoms. The molecule has 0 unspecified atom stereocenters. The second-order valence-corrected chi connectivity index (χ2v) is 4.97. The molecule has 5 heteroatoms. The van der Waals surface area contributed by atoms with Crippen LogP contribution in [-0.2, 0) is 0 Å². The van der Waals surface area contributed by atoms with E-state index < -0.39 is 5.82 Å². The Balaban J connectivity index is 2.25. The van der Waals surface area contributed by atoms with Crippen LogP contribution in [0.4, 0.5) is 4.39 Å². The zero-order valence-electron chi connectivity index (χ0n) is 10.2. The van der Waals surface area contributed by atoms with E-state index in [4.69, 9.17) is 33.7 Å². The summed E-state index contributed by atoms with van der Waals surface area (Å²) in [5, 5.41) is 0.441. The van der Waals surface area contributed by atoms with E-state index in [-0.39, 0.29) is 11.1 Å². The molecule has 0 radical (unpaired) electrons. The Kier molecular flexibility index (Phi) is 4.30. The van der Waals surface area contributed by atoms with Crippen molar-refractivity contribution in [3.05, 3.63) is 57.8 Å². The molecule has 0 saturated carbocycles. The molecule has 0 amide bonds. The number of benzene rings is 2. The first-order valence-electron chi connectivity index (χ1n) is 5.65. The van der Waals surface area contributed by atoms with Crippen LogP contribution in [0.15, 0.2) is 36.4 Å². The number of nitrogens with two attached hydrogens (primary N) is 1. The molecule has 1 atom stereocenters. The van der Waals surface area contributed by atoms with Gasteiger partial charge < -0.3 is 10.5 Å². The molecule has 0 aromatic heterocycles. The van der Waals surface area contributed by atoms with Gasteiger partial charge in [0.1, 0.15) is 17.3 Å². The summed E-state index contributed by atoms with van der Waals surface area (Å²) < 4.78 is 18.6. The topological polar surface area (TPSA) is 35.2 Å². The Morgan fingerprint density at radius 3 is 2.42 bits per heavy atom. The van der Waals surface area contributed by atoms with E-state index in [0.29, 0.717) is 16.5 Å². The summed E-state index contributed by atoms with van der Waals surface area (Å²) in [7, 11) is 0. The third-order valence-corrected chi connectivity index (χ3v) is 3.19. The first-order chi connectivity index (χ1) is 8.97. The van der Waals surface area contributed by atoms with Crippen LogP contribution in [0, 0.1) is 5.82 Å². The minimum absolute atomic E-state index is 0.000762. The van der Waals surface area contributed by atoms with E-state index in [1.807, 2.05) is 13.0 Å². The van der Waals surface area contributed by atoms with Gasteiger partial charge in [-0.25, -0.2) is 4.39 Å². The second kappa shape index (κ2) is 5.78. The Bertz CT molecular complexity index is 602. The maximum atomic E-state index is 13.0. The standard InChI is InChI=1S/C14H12Cl2FNO/c1-8(18)9-2-5-14(12(16)6-9)19-10-3-4-13(17)11(15)7-10/h2-8H,18H2,1H3/t8-/m0/s1. The fourth-order valence-electron chi connectivity index (χ4n) is 1.55. The number of hydrogen-bond donors (Lipinski definition) is 1. The summed E-state index contributed by atoms with van der Waals surface area (Å²) in [4.78, 5) is 0. The molecule has 2 nitrogen and oxygen atoms in total. The van der Waals surface area contributed by atoms with Crippen LogP contribution in [0.3, 0.4) is 0 Å². The average molecular weight is 300 g/mol. The average Bonchev–Trinajstić information content (AvgIpc) is 2.36. The molecule has 0 aliphatic rings. The quantitative estimate of drug-likeness (QED) is 0.871. The molecule has 100 valence electrons. The molecule has 19 heavy (non-hydrogen) atoms. The highest BCUT2D eigenvalue weighted by atomic mass is 35.5. The lowest BCUT2D eigenvalue weighted by atomic mass is 10.1. The van der Waals surface area contributed by atoms with Crippen molar-refractivity contribution < 1.29 is 9.13 Å². The molecule has 2 N–H and O–H groups in total. The molecular formula is C14H12Cl2FNO. The van der Waals surface area contributed by atoms with Gasteiger partial charge in [-0.05, 0) is 36.8 Å². The first kappa shape index (κ1) is 14.1. The van der Waals surface area contributed by atoms with Crippen LogP contribution < -0.4 is 10.5 Å². The van der Waals surface area contributed by atoms with Crippen molar-refractivity contribution in [1.82, 2.24) is 0 Å². The van der Waals surface area contributed by atoms with Crippen LogP contribution in [0.5, 0.6) is 11.5 Å². The summed E-state index contributed by atoms with van der Waals surface area (Å²) in [5.74, 6) is 0.392. The first-order valence-corrected chi connectivity index (χ1v) is 6.41. The molecule has 2 rings (SSSR count). The van der Waals surface area contributed by atoms with Gasteiger partial charge in [-0.1, -0.05) is 29.3 Å². The molecule has 2 aromatic carbocycles. The molecule has 0 aliphatic heterocycles. The van der Waals surface area contributed by atoms with E-state index in [1.165, 1.54) is 18.2 Å². The highest BCUT2D eigenvalue weighted by Crippen LogP contribution is 2.32. The lowest BCUT2D eigenvalue weighted by Crippen LogP contribution is -2.04. The minimum atomic E-state index is -0.493. The Hall–Kier alpha value is -1.29. The number of hydrogen-bond acceptors (Lipinski definition) is 2. The number of rotatable bonds is 3. The molecule has 2 aromatic rings. The lowest BCUT2D eigenvalue weighted by Gasteiger charge is -2.11. The normalized spacial score (nSPS) is 12.3. The number of ether oxygens (including phenoxy) is 1. The van der Waals surface area contributed by atoms with E-state index in [2.05, 4.69) is 0 Å². The Labute approximate surface area is 120 Å². The highest BCUT2D eigenvalue weighted by Gasteiger charge is 2.08. The number of halogens is 3. The monoisotopic (exact) mass is 299 g/mol. The highest BCUT2D eigenvalue weighted by molar-refractivity contribution is 6.32. The van der Waals surface area contributed by atoms with E-state index in [0.717, 1.165) is 5.56 Å². The van der Waals surface area contributed by atoms with Gasteiger partial charge in [-0.3, -0.25) is 0 Å². The lowest BCUT2D eigenvalue weighted by molar-refractivity contribution is 0.480. The maximum Gasteiger partial charge on any atom is 0.146 e. The van der Waals surface area contributed by atoms with Crippen LogP contribution in [0.1, 0.15) is 18.5 Å². The van der Waals surface area contributed by atoms with Crippen molar-refractivity contribution in [1.29, 1.82) is 0 Å². The van der Waals surface area contributed by atoms with Crippen molar-refractivity contribution in [2.45, 2.75) is 13.0 Å². The van der Waals surface area contributed by atoms with E-state index in [9.17, 15) is 4.39 Å². The van der Waals surface area contributed by atoms with Gasteiger partial charge in [-0.2, -0.15) is 0 Å². The van der Waals surface area contributed by atoms with Crippen molar-refractivity contribution >= 4 is 23.2 Å². The van der Waals surface area contributed by atoms with Gasteiger partial charge in [-0.15, -0.1) is 0 Å². The van der Waals surface area contributed by atoms with Gasteiger partial charge in [0, 0.05) is 12.1 Å². The summed E-state index contributed by atoms with van der Waals surface area (Å²) in [5.41, 5.74) is 6.67. The maximum absolute atomic E-state index is 13.0. The third-order valence-electron chi connectivity index (χ3n) is 2.60. The van der Waals surface area contributed by atoms with Crippen molar-refractivity contribution in [2.24, 2.45) is 5.73 Å². The van der Waals surface area contributed by atoms with E-state index in [1.54, 1.807) is 12.1 Å². The minimum Gasteiger partial charge on any atom is -0.456 e. The van der Waals surface area contributed by atoms with Crippen LogP contribution in [0.2, 0.25) is 10.0 Å². The summed E-state index contributed by atoms with van der Waals surface area (Å²) in [6.07, 6.45) is 0. The SMILES string of the molecule is C[C@H](N)c1ccc(Oc2ccc(F)c(Cl)c2)c(Cl)c1. The molecule has 0 saturated heterocycles. The third kappa shape index (κ3) is 3.38. The van der Waals surface area contributed by atoms with Gasteiger partial charge in [0.15, 0.2) is 0 Å². The summed E-state index contributed by atoms with van der Waals surface area (Å²) >= 11 is 11.8. The van der Waals surface area contributed by atoms with Crippen molar-refractivity contribution in [2.75, 3.05) is 0 Å². The molecular weight excluding hydrogens is 288 g/mol. The summed E-state index contributed by atoms with van der Waals surface area (Å²) in [6, 6.07) is 9.31. The molecule has 0 fully saturated rings. The van der Waals surface area contributed by atoms with Crippen molar-refractivity contribution in [3.8, 4) is 11.5 Å². The summed E-state index contributed by atoms with van der Waals surface area (Å²) in [6.45, 7) is 1.87. The van der Waals surface area contributed by atoms with Crippen LogP contribution in [0.25, 0.3) is 0 Å². The zero-order valence-corrected chi connectivity index (χ0v) is 11.7. The van der Waals surface area contributed by atoms with Crippen molar-refractivity contribution in [3.63, 3.8) is 0 Å². The van der Waals surface area contributed by atoms with Gasteiger partial charge >= 0.3 is 0 Å². The second-order valence-electron chi connectivity index (χ2n) is 4.16. The van der Waals surface area contributed by atoms with E-state index >= 15 is 0 Å². The van der Waals surface area contributed by atoms with Crippen LogP contribution in [-0.4, -0.2) is 0 Å². The molecule has 0 heterocycles. The largest absolute Gasteiger partial charge is 0.456 e. The smallest absolute Gasteiger partial charge is 0.146 e. The predicted molar refractivity (Wildman–Crippen MR) is 75.5 cm³/mol. The fourth-order valence-corrected chi connectivity index (χ4v) is 1.95. The predicted octanol–water partition coefficient (Wildman–Crippen LogP) is 4.94. The Morgan fingerprint density at radius 2 is 1.84 bits per heavy atom. The van der Waals surface area contributed by atoms with Gasteiger partial charge in [0.25, 0.3) is 0 Å². The molecule has 0 aliphatic carbocycles. The van der Waals surface area contributed by atoms with Gasteiger partial charge in [0.2, 0.25) is 0 Å². The fraction of sp³-hybridized carbons (Fsp3) is 0.143. The molecule has 0 bridgehead atoms. The Morgan fingerprint density at radius 1 is 1.11 bits per heavy atom. The zero-order chi connectivity index (χ0) is 14.0. The van der Waals surface area contributed by atoms with Gasteiger partial charge in [0.05, 0.1) is 10.0 Å².